The number of carboxylic acid groups (broad SMARTS) is 2. The molecule has 0 aliphatic rings. The molecule has 0 saturated carbocycles. The van der Waals surface area contributed by atoms with Crippen LogP contribution in [0.25, 0.3) is 0 Å². The molecule has 12 heteroatoms. The van der Waals surface area contributed by atoms with E-state index in [9.17, 15) is 26.8 Å². The Labute approximate surface area is 133 Å². The van der Waals surface area contributed by atoms with Crippen molar-refractivity contribution in [2.24, 2.45) is 5.73 Å². The number of carbonyl (C=O) groups excluding carboxylic acids is 2. The van der Waals surface area contributed by atoms with Crippen molar-refractivity contribution in [3.05, 3.63) is 0 Å². The van der Waals surface area contributed by atoms with Crippen molar-refractivity contribution in [2.45, 2.75) is 36.1 Å². The van der Waals surface area contributed by atoms with Gasteiger partial charge in [-0.2, -0.15) is 0 Å². The molecular weight excluding hydrogens is 381 g/mol. The van der Waals surface area contributed by atoms with Gasteiger partial charge in [-0.1, -0.05) is 0 Å². The summed E-state index contributed by atoms with van der Waals surface area (Å²) in [7, 11) is 0. The van der Waals surface area contributed by atoms with Crippen LogP contribution in [0.1, 0.15) is 12.8 Å². The van der Waals surface area contributed by atoms with Gasteiger partial charge in [-0.3, -0.25) is 0 Å². The molecule has 0 aromatic heterocycles. The van der Waals surface area contributed by atoms with Gasteiger partial charge in [0.25, 0.3) is 0 Å². The van der Waals surface area contributed by atoms with Crippen LogP contribution in [0, 0.1) is 0 Å². The van der Waals surface area contributed by atoms with E-state index in [1.165, 1.54) is 0 Å². The molecule has 0 heterocycles. The van der Waals surface area contributed by atoms with Crippen LogP contribution in [-0.2, 0) is 26.8 Å². The number of nitrogens with one attached hydrogen (secondary N) is 2. The fourth-order valence-corrected chi connectivity index (χ4v) is 3.21. The molecule has 132 valence electrons. The average molecular weight is 400 g/mol. The van der Waals surface area contributed by atoms with Gasteiger partial charge in [0.15, 0.2) is 0 Å². The van der Waals surface area contributed by atoms with Crippen LogP contribution in [0.5, 0.6) is 0 Å². The fourth-order valence-electron chi connectivity index (χ4n) is 1.45. The van der Waals surface area contributed by atoms with Gasteiger partial charge < -0.3 is 0 Å². The Morgan fingerprint density at radius 3 is 2.17 bits per heavy atom. The summed E-state index contributed by atoms with van der Waals surface area (Å²) in [5.74, 6) is -3.44. The maximum atomic E-state index is 11.7. The summed E-state index contributed by atoms with van der Waals surface area (Å²) in [5, 5.41) is 20.5. The number of hydrogen-bond donors (Lipinski definition) is 5. The molecule has 6 N–H and O–H groups in total. The molecule has 0 saturated heterocycles. The molecule has 0 radical (unpaired) electrons. The first-order valence-electron chi connectivity index (χ1n) is 6.37. The summed E-state index contributed by atoms with van der Waals surface area (Å²) in [4.78, 5) is 44.3. The van der Waals surface area contributed by atoms with Crippen LogP contribution in [0.3, 0.4) is 0 Å². The predicted molar refractivity (Wildman–Crippen MR) is 75.2 cm³/mol. The predicted octanol–water partition coefficient (Wildman–Crippen LogP) is -2.20. The van der Waals surface area contributed by atoms with E-state index in [0.29, 0.717) is 0 Å². The van der Waals surface area contributed by atoms with Gasteiger partial charge in [0, 0.05) is 0 Å². The average Bonchev–Trinajstić information content (AvgIpc) is 2.39. The molecule has 0 aromatic carbocycles. The topological polar surface area (TPSA) is 193 Å². The maximum absolute atomic E-state index is 11.7. The number of amides is 2. The van der Waals surface area contributed by atoms with E-state index < -0.39 is 60.4 Å². The molecule has 0 aliphatic carbocycles. The second-order valence-electron chi connectivity index (χ2n) is 4.81. The van der Waals surface area contributed by atoms with E-state index in [1.54, 1.807) is 0 Å². The van der Waals surface area contributed by atoms with Gasteiger partial charge in [0.05, 0.1) is 0 Å². The number of aliphatic carboxylic acids is 2. The molecule has 0 spiro atoms. The summed E-state index contributed by atoms with van der Waals surface area (Å²) >= 11 is -4.39. The monoisotopic (exact) mass is 401 g/mol. The fraction of sp³-hybridized carbons (Fsp3) is 0.636. The molecule has 2 atom stereocenters. The third-order valence-corrected chi connectivity index (χ3v) is 4.50. The van der Waals surface area contributed by atoms with Crippen LogP contribution in [0.4, 0.5) is 0 Å². The Balaban J connectivity index is 4.74. The second-order valence-corrected chi connectivity index (χ2v) is 9.39. The first kappa shape index (κ1) is 21.0. The van der Waals surface area contributed by atoms with Crippen molar-refractivity contribution in [3.63, 3.8) is 0 Å². The van der Waals surface area contributed by atoms with E-state index in [2.05, 4.69) is 5.32 Å². The molecule has 0 rings (SSSR count). The van der Waals surface area contributed by atoms with Crippen LogP contribution in [0.15, 0.2) is 0 Å². The normalized spacial score (nSPS) is 13.7. The zero-order valence-corrected chi connectivity index (χ0v) is 14.0. The minimum absolute atomic E-state index is 0.199. The molecule has 0 fully saturated rings. The zero-order chi connectivity index (χ0) is 18.2. The van der Waals surface area contributed by atoms with Crippen molar-refractivity contribution >= 4 is 36.5 Å². The van der Waals surface area contributed by atoms with E-state index in [0.717, 1.165) is 5.82 Å². The third-order valence-electron chi connectivity index (χ3n) is 2.53. The Morgan fingerprint density at radius 2 is 1.74 bits per heavy atom. The van der Waals surface area contributed by atoms with Gasteiger partial charge in [-0.15, -0.1) is 0 Å². The molecule has 11 nitrogen and oxygen atoms in total. The first-order valence-corrected chi connectivity index (χ1v) is 10.7. The molecule has 0 aliphatic heterocycles. The second kappa shape index (κ2) is 9.18. The molecule has 0 aromatic rings. The van der Waals surface area contributed by atoms with Gasteiger partial charge in [0.2, 0.25) is 0 Å². The van der Waals surface area contributed by atoms with Crippen LogP contribution >= 0.6 is 0 Å². The van der Waals surface area contributed by atoms with Crippen LogP contribution in [0.2, 0.25) is 11.1 Å². The zero-order valence-electron chi connectivity index (χ0n) is 12.3. The van der Waals surface area contributed by atoms with E-state index >= 15 is 0 Å². The summed E-state index contributed by atoms with van der Waals surface area (Å²) in [6, 6.07) is -2.72. The summed E-state index contributed by atoms with van der Waals surface area (Å²) in [5.41, 5.74) is 5.22. The molecule has 1 unspecified atom stereocenters. The SMILES string of the molecule is C[Se](=O)(=O)C[C@H](NC(=O)CCC(N)C(=O)O)C(=O)NCC(=O)O. The van der Waals surface area contributed by atoms with Gasteiger partial charge in [-0.25, -0.2) is 0 Å². The molecule has 23 heavy (non-hydrogen) atoms. The van der Waals surface area contributed by atoms with E-state index in [4.69, 9.17) is 15.9 Å². The molecular formula is C11H19N3O8Se. The van der Waals surface area contributed by atoms with Crippen LogP contribution < -0.4 is 16.4 Å². The Bertz CT molecular complexity index is 574. The molecule has 0 bridgehead atoms. The number of nitrogens with two attached hydrogens (primary N) is 1. The van der Waals surface area contributed by atoms with Gasteiger partial charge >= 0.3 is 133 Å². The summed E-state index contributed by atoms with van der Waals surface area (Å²) < 4.78 is 22.7. The van der Waals surface area contributed by atoms with Crippen molar-refractivity contribution < 1.29 is 37.1 Å². The first-order chi connectivity index (χ1) is 10.4. The van der Waals surface area contributed by atoms with Crippen molar-refractivity contribution in [2.75, 3.05) is 6.54 Å². The van der Waals surface area contributed by atoms with Crippen LogP contribution in [-0.4, -0.2) is 65.3 Å². The van der Waals surface area contributed by atoms with Crippen molar-refractivity contribution in [3.8, 4) is 0 Å². The van der Waals surface area contributed by atoms with E-state index in [1.807, 2.05) is 5.32 Å². The van der Waals surface area contributed by atoms with Crippen molar-refractivity contribution in [1.82, 2.24) is 10.6 Å². The Morgan fingerprint density at radius 1 is 1.17 bits per heavy atom. The molecule has 2 amide bonds. The van der Waals surface area contributed by atoms with Crippen molar-refractivity contribution in [1.29, 1.82) is 0 Å². The standard InChI is InChI=1S/C11H19N3O8Se/c1-23(21,22)5-7(10(18)13-4-9(16)17)14-8(15)3-2-6(12)11(19)20/h6-7H,2-5,12H2,1H3,(H,13,18)(H,14,15)(H,16,17)(H,19,20)/t6?,7-/m0/s1. The van der Waals surface area contributed by atoms with Gasteiger partial charge in [0.1, 0.15) is 0 Å². The number of carbonyl (C=O) groups is 4. The number of hydrogen-bond acceptors (Lipinski definition) is 7. The summed E-state index contributed by atoms with van der Waals surface area (Å²) in [6.45, 7) is -0.729. The van der Waals surface area contributed by atoms with Gasteiger partial charge in [-0.05, 0) is 0 Å². The van der Waals surface area contributed by atoms with E-state index in [-0.39, 0.29) is 12.8 Å². The summed E-state index contributed by atoms with van der Waals surface area (Å²) in [6.07, 6.45) is -0.524. The minimum atomic E-state index is -4.39. The quantitative estimate of drug-likeness (QED) is 0.253. The Kier molecular flexibility index (Phi) is 8.36. The Hall–Kier alpha value is -2.04. The number of carboxylic acids is 2. The number of rotatable bonds is 10. The third kappa shape index (κ3) is 10.3.